The van der Waals surface area contributed by atoms with Crippen LogP contribution in [0, 0.1) is 78.7 Å². The number of halogens is 11. The van der Waals surface area contributed by atoms with Crippen molar-refractivity contribution in [1.29, 1.82) is 0 Å². The first-order valence-electron chi connectivity index (χ1n) is 17.9. The second-order valence-corrected chi connectivity index (χ2v) is 16.1. The molecule has 7 rings (SSSR count). The van der Waals surface area contributed by atoms with Crippen molar-refractivity contribution in [3.63, 3.8) is 0 Å². The molecule has 0 aliphatic heterocycles. The van der Waals surface area contributed by atoms with Crippen molar-refractivity contribution in [3.05, 3.63) is 233 Å². The van der Waals surface area contributed by atoms with E-state index in [1.165, 1.54) is 40.5 Å². The number of hydrogen-bond donors (Lipinski definition) is 0. The van der Waals surface area contributed by atoms with Crippen LogP contribution in [0.15, 0.2) is 139 Å². The minimum Gasteiger partial charge on any atom is -0.572 e. The number of aryl methyl sites for hydroxylation is 1. The Morgan fingerprint density at radius 1 is 0.533 bits per heavy atom. The van der Waals surface area contributed by atoms with Crippen LogP contribution in [-0.4, -0.2) is 15.7 Å². The Kier molecular flexibility index (Phi) is 17.5. The van der Waals surface area contributed by atoms with Crippen molar-refractivity contribution >= 4 is 32.2 Å². The molecule has 0 fully saturated rings. The number of rotatable bonds is 5. The fraction of sp³-hybridized carbons (Fsp3) is 0.0851. The van der Waals surface area contributed by atoms with Gasteiger partial charge >= 0.3 is 115 Å². The predicted molar refractivity (Wildman–Crippen MR) is 214 cm³/mol. The molecule has 1 aliphatic rings. The topological polar surface area (TPSA) is 0 Å². The summed E-state index contributed by atoms with van der Waals surface area (Å²) in [5.74, 6) is -20.0. The van der Waals surface area contributed by atoms with Gasteiger partial charge in [0, 0.05) is 41.9 Å². The maximum atomic E-state index is 12.3. The molecule has 0 atom stereocenters. The largest absolute Gasteiger partial charge is 0.572 e. The molecule has 0 amide bonds. The molecule has 5 radical (unpaired) electrons. The van der Waals surface area contributed by atoms with Crippen LogP contribution < -0.4 is 32.1 Å². The number of allylic oxidation sites excluding steroid dienone is 5. The summed E-state index contributed by atoms with van der Waals surface area (Å²) in [7, 11) is 9.11. The maximum Gasteiger partial charge on any atom is 0.200 e. The summed E-state index contributed by atoms with van der Waals surface area (Å²) in [6, 6.07) is 39.2. The van der Waals surface area contributed by atoms with Crippen molar-refractivity contribution < 1.29 is 65.1 Å². The fourth-order valence-electron chi connectivity index (χ4n) is 5.19. The van der Waals surface area contributed by atoms with Crippen LogP contribution in [0.4, 0.5) is 43.9 Å². The molecule has 0 saturated heterocycles. The van der Waals surface area contributed by atoms with Crippen molar-refractivity contribution in [1.82, 2.24) is 0 Å². The molecule has 6 aromatic rings. The van der Waals surface area contributed by atoms with E-state index in [-0.39, 0.29) is 21.2 Å². The van der Waals surface area contributed by atoms with Crippen molar-refractivity contribution in [2.75, 3.05) is 0 Å². The van der Waals surface area contributed by atoms with Gasteiger partial charge in [-0.2, -0.15) is 0 Å². The smallest absolute Gasteiger partial charge is 0.200 e. The minimum absolute atomic E-state index is 0.0167. The third-order valence-corrected chi connectivity index (χ3v) is 11.1. The summed E-state index contributed by atoms with van der Waals surface area (Å²) < 4.78 is 125. The third-order valence-electron chi connectivity index (χ3n) is 8.44. The summed E-state index contributed by atoms with van der Waals surface area (Å²) in [5.41, 5.74) is 5.06. The molecule has 305 valence electrons. The zero-order valence-electron chi connectivity index (χ0n) is 32.2. The van der Waals surface area contributed by atoms with Gasteiger partial charge in [-0.25, -0.2) is 49.4 Å². The van der Waals surface area contributed by atoms with Crippen LogP contribution in [0.1, 0.15) is 42.0 Å². The molecule has 13 heteroatoms. The van der Waals surface area contributed by atoms with E-state index in [2.05, 4.69) is 176 Å². The van der Waals surface area contributed by atoms with Crippen molar-refractivity contribution in [2.45, 2.75) is 26.7 Å². The molecule has 0 heterocycles. The summed E-state index contributed by atoms with van der Waals surface area (Å²) in [5, 5.41) is 0. The summed E-state index contributed by atoms with van der Waals surface area (Å²) in [6.45, 7) is 6.62. The van der Waals surface area contributed by atoms with E-state index >= 15 is 0 Å². The van der Waals surface area contributed by atoms with Crippen LogP contribution >= 0.6 is 0 Å². The monoisotopic (exact) mass is 936 g/mol. The van der Waals surface area contributed by atoms with Gasteiger partial charge in [0.2, 0.25) is 0 Å². The molecule has 1 aliphatic carbocycles. The second-order valence-electron chi connectivity index (χ2n) is 13.0. The van der Waals surface area contributed by atoms with E-state index in [4.69, 9.17) is 0 Å². The Morgan fingerprint density at radius 2 is 0.933 bits per heavy atom. The summed E-state index contributed by atoms with van der Waals surface area (Å²) in [6.07, 6.45) is 10.5. The molecule has 0 unspecified atom stereocenters. The van der Waals surface area contributed by atoms with Gasteiger partial charge in [0.25, 0.3) is 0 Å². The van der Waals surface area contributed by atoms with Crippen molar-refractivity contribution in [3.8, 4) is 0 Å². The van der Waals surface area contributed by atoms with E-state index in [1.54, 1.807) is 0 Å². The number of benzene rings is 6. The van der Waals surface area contributed by atoms with E-state index in [9.17, 15) is 43.9 Å². The van der Waals surface area contributed by atoms with Gasteiger partial charge in [0.15, 0.2) is 46.5 Å². The Bertz CT molecular complexity index is 2150. The predicted octanol–water partition coefficient (Wildman–Crippen LogP) is 8.42. The molecule has 6 aromatic carbocycles. The molecule has 60 heavy (non-hydrogen) atoms. The Hall–Kier alpha value is -5.43. The average molecular weight is 936 g/mol. The first-order chi connectivity index (χ1) is 28.5. The van der Waals surface area contributed by atoms with E-state index in [0.717, 1.165) is 0 Å². The van der Waals surface area contributed by atoms with Crippen LogP contribution in [0.3, 0.4) is 0 Å². The Balaban J connectivity index is 0.000000180. The first kappa shape index (κ1) is 47.3. The molecule has 0 nitrogen and oxygen atoms in total. The Labute approximate surface area is 355 Å². The quantitative estimate of drug-likeness (QED) is 0.0407. The maximum absolute atomic E-state index is 12.3. The van der Waals surface area contributed by atoms with Gasteiger partial charge in [0.05, 0.1) is 5.57 Å². The van der Waals surface area contributed by atoms with Gasteiger partial charge in [0.1, 0.15) is 25.1 Å². The molecule has 0 aromatic heterocycles. The minimum atomic E-state index is -2.21. The van der Waals surface area contributed by atoms with Gasteiger partial charge < -0.3 is 7.85 Å². The summed E-state index contributed by atoms with van der Waals surface area (Å²) in [4.78, 5) is 0. The Morgan fingerprint density at radius 3 is 1.33 bits per heavy atom. The molecular weight excluding hydrogens is 903 g/mol. The molecular formula is C47H33B2F10I-. The second kappa shape index (κ2) is 22.3. The van der Waals surface area contributed by atoms with Gasteiger partial charge in [-0.15, -0.1) is 0 Å². The first-order valence-corrected chi connectivity index (χ1v) is 20.1. The molecule has 0 saturated carbocycles. The van der Waals surface area contributed by atoms with E-state index in [0.29, 0.717) is 5.92 Å². The molecule has 0 N–H and O–H groups in total. The zero-order valence-corrected chi connectivity index (χ0v) is 34.3. The summed E-state index contributed by atoms with van der Waals surface area (Å²) >= 11 is -0.0167. The van der Waals surface area contributed by atoms with Crippen LogP contribution in [0.5, 0.6) is 0 Å². The standard InChI is InChI=1S/C19H15.C16H18I.2C6BF5/c1-4-10-16(11-5-1)19(17-12-6-2-7-13-17)18-14-8-3-9-15-18;1-12(2)14-6-10-16(11-7-14)17-15-8-4-13(3)5-9-15;2*7-1-2(8)4(10)6(12)5(11)3(1)9/h1-15H;4-12H,1-3H3;;/q+1;-1;;-1. The zero-order chi connectivity index (χ0) is 44.1. The fourth-order valence-corrected chi connectivity index (χ4v) is 7.35. The third kappa shape index (κ3) is 12.3. The van der Waals surface area contributed by atoms with Gasteiger partial charge in [-0.05, 0) is 29.7 Å². The number of hydrogen-bond acceptors (Lipinski definition) is 0. The van der Waals surface area contributed by atoms with E-state index < -0.39 is 69.1 Å². The van der Waals surface area contributed by atoms with Crippen molar-refractivity contribution in [2.24, 2.45) is 0 Å². The molecule has 0 spiro atoms. The van der Waals surface area contributed by atoms with Gasteiger partial charge in [-0.3, -0.25) is 0 Å². The van der Waals surface area contributed by atoms with Gasteiger partial charge in [-0.1, -0.05) is 36.4 Å². The van der Waals surface area contributed by atoms with Crippen LogP contribution in [0.25, 0.3) is 5.57 Å². The average Bonchev–Trinajstić information content (AvgIpc) is 3.28. The SMILES string of the molecule is C1=C[CH+]C(=C(c2ccccc2)c2ccccc2)C=C1.Cc1ccc([I-]c2ccc(C(C)C)cc2)cc1.[B-]c1c(F)c(F)c(F)c(F)c1F.[B]c1c(F)c(F)c(F)c(F)c1F. The normalized spacial score (nSPS) is 11.5. The van der Waals surface area contributed by atoms with Crippen LogP contribution in [-0.2, 0) is 0 Å². The van der Waals surface area contributed by atoms with Crippen LogP contribution in [0.2, 0.25) is 0 Å². The van der Waals surface area contributed by atoms with E-state index in [1.807, 2.05) is 0 Å². The molecule has 0 bridgehead atoms.